The molecule has 0 radical (unpaired) electrons. The number of carbonyl (C=O) groups is 2. The van der Waals surface area contributed by atoms with Crippen molar-refractivity contribution >= 4 is 29.3 Å². The van der Waals surface area contributed by atoms with Crippen molar-refractivity contribution < 1.29 is 19.4 Å². The van der Waals surface area contributed by atoms with Crippen LogP contribution in [0, 0.1) is 0 Å². The van der Waals surface area contributed by atoms with Crippen molar-refractivity contribution in [2.45, 2.75) is 13.0 Å². The third kappa shape index (κ3) is 2.80. The highest BCUT2D eigenvalue weighted by molar-refractivity contribution is 8.03. The third-order valence-corrected chi connectivity index (χ3v) is 3.86. The molecule has 106 valence electrons. The van der Waals surface area contributed by atoms with E-state index in [1.165, 1.54) is 23.6 Å². The van der Waals surface area contributed by atoms with E-state index in [1.54, 1.807) is 19.2 Å². The molecule has 0 fully saturated rings. The maximum atomic E-state index is 12.0. The number of methoxy groups -OCH3 is 1. The number of aliphatic carboxylic acids is 1. The Morgan fingerprint density at radius 2 is 2.05 bits per heavy atom. The molecule has 0 aliphatic carbocycles. The molecule has 5 nitrogen and oxygen atoms in total. The topological polar surface area (TPSA) is 66.8 Å². The van der Waals surface area contributed by atoms with Crippen LogP contribution in [0.25, 0.3) is 5.70 Å². The lowest BCUT2D eigenvalue weighted by Gasteiger charge is -2.31. The summed E-state index contributed by atoms with van der Waals surface area (Å²) in [6.07, 6.45) is 0. The fourth-order valence-corrected chi connectivity index (χ4v) is 2.73. The number of rotatable bonds is 4. The molecule has 0 bridgehead atoms. The Kier molecular flexibility index (Phi) is 4.34. The fraction of sp³-hybridized carbons (Fsp3) is 0.286. The molecule has 1 aromatic rings. The number of benzene rings is 1. The predicted octanol–water partition coefficient (Wildman–Crippen LogP) is 2.04. The van der Waals surface area contributed by atoms with Crippen molar-refractivity contribution in [1.29, 1.82) is 0 Å². The van der Waals surface area contributed by atoms with Gasteiger partial charge in [-0.25, -0.2) is 4.79 Å². The first kappa shape index (κ1) is 14.5. The summed E-state index contributed by atoms with van der Waals surface area (Å²) in [4.78, 5) is 24.5. The Bertz CT molecular complexity index is 553. The van der Waals surface area contributed by atoms with E-state index in [-0.39, 0.29) is 11.7 Å². The van der Waals surface area contributed by atoms with Crippen molar-refractivity contribution in [3.63, 3.8) is 0 Å². The van der Waals surface area contributed by atoms with Gasteiger partial charge in [-0.3, -0.25) is 9.69 Å². The Balaban J connectivity index is 2.37. The van der Waals surface area contributed by atoms with E-state index in [1.807, 2.05) is 17.5 Å². The van der Waals surface area contributed by atoms with Crippen LogP contribution in [0.15, 0.2) is 29.7 Å². The lowest BCUT2D eigenvalue weighted by Crippen LogP contribution is -2.44. The van der Waals surface area contributed by atoms with E-state index >= 15 is 0 Å². The van der Waals surface area contributed by atoms with E-state index in [4.69, 9.17) is 9.84 Å². The van der Waals surface area contributed by atoms with Gasteiger partial charge in [0.15, 0.2) is 0 Å². The van der Waals surface area contributed by atoms with Gasteiger partial charge in [-0.2, -0.15) is 0 Å². The molecular weight excluding hydrogens is 278 g/mol. The number of amides is 1. The highest BCUT2D eigenvalue weighted by Crippen LogP contribution is 2.30. The predicted molar refractivity (Wildman–Crippen MR) is 77.4 cm³/mol. The average Bonchev–Trinajstić information content (AvgIpc) is 2.46. The molecule has 0 aromatic heterocycles. The summed E-state index contributed by atoms with van der Waals surface area (Å²) >= 11 is 1.37. The summed E-state index contributed by atoms with van der Waals surface area (Å²) < 4.78 is 5.09. The monoisotopic (exact) mass is 293 g/mol. The Labute approximate surface area is 121 Å². The summed E-state index contributed by atoms with van der Waals surface area (Å²) in [5, 5.41) is 11.0. The molecule has 1 unspecified atom stereocenters. The standard InChI is InChI=1S/C14H15NO4S/c1-9(14(17)18)15-12(7-20-8-13(15)16)10-3-5-11(19-2)6-4-10/h3-7,9H,8H2,1-2H3,(H,17,18). The quantitative estimate of drug-likeness (QED) is 0.920. The highest BCUT2D eigenvalue weighted by Gasteiger charge is 2.31. The summed E-state index contributed by atoms with van der Waals surface area (Å²) in [6.45, 7) is 1.51. The van der Waals surface area contributed by atoms with Crippen LogP contribution < -0.4 is 4.74 Å². The van der Waals surface area contributed by atoms with Gasteiger partial charge in [-0.05, 0) is 42.2 Å². The van der Waals surface area contributed by atoms with Gasteiger partial charge in [-0.15, -0.1) is 11.8 Å². The van der Waals surface area contributed by atoms with Gasteiger partial charge in [0.05, 0.1) is 18.6 Å². The van der Waals surface area contributed by atoms with Gasteiger partial charge in [0, 0.05) is 0 Å². The van der Waals surface area contributed by atoms with Crippen LogP contribution >= 0.6 is 11.8 Å². The van der Waals surface area contributed by atoms with Crippen molar-refractivity contribution in [2.24, 2.45) is 0 Å². The summed E-state index contributed by atoms with van der Waals surface area (Å²) in [6, 6.07) is 6.29. The average molecular weight is 293 g/mol. The second-order valence-corrected chi connectivity index (χ2v) is 5.18. The molecule has 1 amide bonds. The van der Waals surface area contributed by atoms with Gasteiger partial charge < -0.3 is 9.84 Å². The molecular formula is C14H15NO4S. The fourth-order valence-electron chi connectivity index (χ4n) is 1.96. The minimum absolute atomic E-state index is 0.196. The van der Waals surface area contributed by atoms with Gasteiger partial charge in [0.25, 0.3) is 0 Å². The van der Waals surface area contributed by atoms with Gasteiger partial charge in [0.1, 0.15) is 11.8 Å². The zero-order valence-corrected chi connectivity index (χ0v) is 12.0. The zero-order valence-electron chi connectivity index (χ0n) is 11.2. The van der Waals surface area contributed by atoms with Gasteiger partial charge in [-0.1, -0.05) is 0 Å². The largest absolute Gasteiger partial charge is 0.497 e. The second kappa shape index (κ2) is 6.00. The Hall–Kier alpha value is -1.95. The van der Waals surface area contributed by atoms with Crippen LogP contribution in [0.1, 0.15) is 12.5 Å². The molecule has 1 aliphatic rings. The molecule has 1 heterocycles. The van der Waals surface area contributed by atoms with Crippen LogP contribution in [0.5, 0.6) is 5.75 Å². The maximum absolute atomic E-state index is 12.0. The highest BCUT2D eigenvalue weighted by atomic mass is 32.2. The van der Waals surface area contributed by atoms with Crippen LogP contribution in [0.2, 0.25) is 0 Å². The maximum Gasteiger partial charge on any atom is 0.326 e. The van der Waals surface area contributed by atoms with Crippen LogP contribution in [-0.2, 0) is 9.59 Å². The van der Waals surface area contributed by atoms with Crippen molar-refractivity contribution in [2.75, 3.05) is 12.9 Å². The first-order valence-electron chi connectivity index (χ1n) is 6.05. The van der Waals surface area contributed by atoms with Crippen LogP contribution in [-0.4, -0.2) is 40.8 Å². The zero-order chi connectivity index (χ0) is 14.7. The number of carboxylic acids is 1. The molecule has 1 aliphatic heterocycles. The van der Waals surface area contributed by atoms with Crippen LogP contribution in [0.4, 0.5) is 0 Å². The SMILES string of the molecule is COc1ccc(C2=CSCC(=O)N2C(C)C(=O)O)cc1. The van der Waals surface area contributed by atoms with E-state index in [9.17, 15) is 9.59 Å². The van der Waals surface area contributed by atoms with Crippen molar-refractivity contribution in [1.82, 2.24) is 4.90 Å². The van der Waals surface area contributed by atoms with Crippen molar-refractivity contribution in [3.8, 4) is 5.75 Å². The third-order valence-electron chi connectivity index (χ3n) is 3.06. The normalized spacial score (nSPS) is 16.6. The molecule has 0 saturated heterocycles. The molecule has 20 heavy (non-hydrogen) atoms. The molecule has 1 N–H and O–H groups in total. The smallest absolute Gasteiger partial charge is 0.326 e. The molecule has 2 rings (SSSR count). The molecule has 0 spiro atoms. The minimum atomic E-state index is -1.02. The number of ether oxygens (including phenoxy) is 1. The summed E-state index contributed by atoms with van der Waals surface area (Å²) in [7, 11) is 1.58. The molecule has 1 atom stereocenters. The number of carboxylic acid groups (broad SMARTS) is 1. The lowest BCUT2D eigenvalue weighted by molar-refractivity contribution is -0.145. The first-order chi connectivity index (χ1) is 9.54. The number of carbonyl (C=O) groups excluding carboxylic acids is 1. The van der Waals surface area contributed by atoms with E-state index in [0.717, 1.165) is 5.56 Å². The second-order valence-electron chi connectivity index (χ2n) is 4.32. The Morgan fingerprint density at radius 1 is 1.40 bits per heavy atom. The van der Waals surface area contributed by atoms with Gasteiger partial charge >= 0.3 is 5.97 Å². The van der Waals surface area contributed by atoms with E-state index in [0.29, 0.717) is 11.4 Å². The molecule has 6 heteroatoms. The Morgan fingerprint density at radius 3 is 2.60 bits per heavy atom. The van der Waals surface area contributed by atoms with E-state index < -0.39 is 12.0 Å². The number of hydrogen-bond donors (Lipinski definition) is 1. The number of nitrogens with zero attached hydrogens (tertiary/aromatic N) is 1. The number of thioether (sulfide) groups is 1. The summed E-state index contributed by atoms with van der Waals surface area (Å²) in [5.41, 5.74) is 1.41. The van der Waals surface area contributed by atoms with Crippen molar-refractivity contribution in [3.05, 3.63) is 35.2 Å². The molecule has 0 saturated carbocycles. The lowest BCUT2D eigenvalue weighted by atomic mass is 10.1. The van der Waals surface area contributed by atoms with Crippen LogP contribution in [0.3, 0.4) is 0 Å². The minimum Gasteiger partial charge on any atom is -0.497 e. The van der Waals surface area contributed by atoms with Gasteiger partial charge in [0.2, 0.25) is 5.91 Å². The first-order valence-corrected chi connectivity index (χ1v) is 7.10. The summed E-state index contributed by atoms with van der Waals surface area (Å²) in [5.74, 6) is -0.248. The number of hydrogen-bond acceptors (Lipinski definition) is 4. The van der Waals surface area contributed by atoms with E-state index in [2.05, 4.69) is 0 Å². The molecule has 1 aromatic carbocycles.